The lowest BCUT2D eigenvalue weighted by Crippen LogP contribution is -2.52. The molecule has 4 nitrogen and oxygen atoms in total. The van der Waals surface area contributed by atoms with Crippen molar-refractivity contribution in [1.29, 1.82) is 0 Å². The molecule has 0 aromatic carbocycles. The van der Waals surface area contributed by atoms with E-state index in [2.05, 4.69) is 4.90 Å². The second kappa shape index (κ2) is 6.85. The van der Waals surface area contributed by atoms with Crippen LogP contribution in [0, 0.1) is 5.41 Å². The summed E-state index contributed by atoms with van der Waals surface area (Å²) >= 11 is 0. The highest BCUT2D eigenvalue weighted by atomic mass is 16.5. The Hall–Kier alpha value is -0.160. The molecule has 1 saturated carbocycles. The zero-order chi connectivity index (χ0) is 12.8. The summed E-state index contributed by atoms with van der Waals surface area (Å²) in [7, 11) is 0. The van der Waals surface area contributed by atoms with Gasteiger partial charge in [-0.1, -0.05) is 6.42 Å². The number of rotatable bonds is 7. The van der Waals surface area contributed by atoms with E-state index in [-0.39, 0.29) is 12.0 Å². The Morgan fingerprint density at radius 1 is 1.33 bits per heavy atom. The molecule has 1 aliphatic heterocycles. The van der Waals surface area contributed by atoms with Crippen molar-refractivity contribution in [1.82, 2.24) is 4.90 Å². The fourth-order valence-corrected chi connectivity index (χ4v) is 3.11. The first-order chi connectivity index (χ1) is 8.79. The van der Waals surface area contributed by atoms with Gasteiger partial charge in [-0.3, -0.25) is 4.90 Å². The number of hydrogen-bond donors (Lipinski definition) is 2. The highest BCUT2D eigenvalue weighted by Crippen LogP contribution is 2.33. The van der Waals surface area contributed by atoms with Gasteiger partial charge in [-0.2, -0.15) is 0 Å². The molecule has 2 fully saturated rings. The van der Waals surface area contributed by atoms with Crippen LogP contribution in [0.1, 0.15) is 38.5 Å². The summed E-state index contributed by atoms with van der Waals surface area (Å²) in [5.41, 5.74) is 6.17. The van der Waals surface area contributed by atoms with Crippen LogP contribution in [-0.2, 0) is 4.74 Å². The zero-order valence-electron chi connectivity index (χ0n) is 11.4. The Bertz CT molecular complexity index is 238. The lowest BCUT2D eigenvalue weighted by atomic mass is 9.80. The van der Waals surface area contributed by atoms with E-state index >= 15 is 0 Å². The Labute approximate surface area is 110 Å². The molecule has 0 radical (unpaired) electrons. The van der Waals surface area contributed by atoms with Crippen molar-refractivity contribution in [2.75, 3.05) is 39.5 Å². The maximum Gasteiger partial charge on any atom is 0.0546 e. The standard InChI is InChI=1S/C14H28N2O2/c15-10-14(6-2-9-18-12-14)11-16(7-3-8-17)13-4-1-5-13/h13,17H,1-12,15H2. The van der Waals surface area contributed by atoms with Gasteiger partial charge in [0.1, 0.15) is 0 Å². The van der Waals surface area contributed by atoms with E-state index in [9.17, 15) is 0 Å². The Balaban J connectivity index is 1.91. The van der Waals surface area contributed by atoms with Crippen LogP contribution in [0.25, 0.3) is 0 Å². The first kappa shape index (κ1) is 14.3. The van der Waals surface area contributed by atoms with Crippen LogP contribution in [0.4, 0.5) is 0 Å². The average Bonchev–Trinajstić information content (AvgIpc) is 2.35. The molecule has 3 N–H and O–H groups in total. The number of nitrogens with zero attached hydrogens (tertiary/aromatic N) is 1. The number of aliphatic hydroxyl groups excluding tert-OH is 1. The van der Waals surface area contributed by atoms with Gasteiger partial charge in [0.05, 0.1) is 6.61 Å². The van der Waals surface area contributed by atoms with Gasteiger partial charge >= 0.3 is 0 Å². The van der Waals surface area contributed by atoms with Crippen molar-refractivity contribution in [3.05, 3.63) is 0 Å². The molecule has 4 heteroatoms. The SMILES string of the molecule is NCC1(CN(CCCO)C2CCC2)CCCOC1. The molecule has 1 unspecified atom stereocenters. The van der Waals surface area contributed by atoms with E-state index in [1.54, 1.807) is 0 Å². The summed E-state index contributed by atoms with van der Waals surface area (Å²) in [6.07, 6.45) is 7.17. The third kappa shape index (κ3) is 3.44. The maximum absolute atomic E-state index is 9.04. The number of nitrogens with two attached hydrogens (primary N) is 1. The Morgan fingerprint density at radius 3 is 2.67 bits per heavy atom. The predicted octanol–water partition coefficient (Wildman–Crippen LogP) is 0.979. The molecule has 1 atom stereocenters. The highest BCUT2D eigenvalue weighted by molar-refractivity contribution is 4.90. The van der Waals surface area contributed by atoms with Gasteiger partial charge in [0.25, 0.3) is 0 Å². The molecule has 2 aliphatic rings. The molecule has 106 valence electrons. The summed E-state index contributed by atoms with van der Waals surface area (Å²) < 4.78 is 5.66. The van der Waals surface area contributed by atoms with Gasteiger partial charge in [-0.15, -0.1) is 0 Å². The third-order valence-electron chi connectivity index (χ3n) is 4.57. The van der Waals surface area contributed by atoms with E-state index in [0.29, 0.717) is 0 Å². The molecule has 0 bridgehead atoms. The van der Waals surface area contributed by atoms with E-state index in [4.69, 9.17) is 15.6 Å². The minimum atomic E-state index is 0.156. The Kier molecular flexibility index (Phi) is 5.42. The minimum Gasteiger partial charge on any atom is -0.396 e. The topological polar surface area (TPSA) is 58.7 Å². The van der Waals surface area contributed by atoms with Crippen LogP contribution in [0.5, 0.6) is 0 Å². The second-order valence-electron chi connectivity index (χ2n) is 5.99. The van der Waals surface area contributed by atoms with Gasteiger partial charge in [0, 0.05) is 44.3 Å². The number of hydrogen-bond acceptors (Lipinski definition) is 4. The first-order valence-corrected chi connectivity index (χ1v) is 7.42. The van der Waals surface area contributed by atoms with E-state index in [1.807, 2.05) is 0 Å². The van der Waals surface area contributed by atoms with Crippen molar-refractivity contribution in [3.63, 3.8) is 0 Å². The molecule has 0 spiro atoms. The highest BCUT2D eigenvalue weighted by Gasteiger charge is 2.36. The fraction of sp³-hybridized carbons (Fsp3) is 1.00. The molecule has 1 aliphatic carbocycles. The number of aliphatic hydroxyl groups is 1. The van der Waals surface area contributed by atoms with Crippen LogP contribution in [-0.4, -0.2) is 55.5 Å². The van der Waals surface area contributed by atoms with Crippen LogP contribution >= 0.6 is 0 Å². The van der Waals surface area contributed by atoms with E-state index < -0.39 is 0 Å². The molecule has 1 heterocycles. The summed E-state index contributed by atoms with van der Waals surface area (Å²) in [5.74, 6) is 0. The monoisotopic (exact) mass is 256 g/mol. The third-order valence-corrected chi connectivity index (χ3v) is 4.57. The van der Waals surface area contributed by atoms with Gasteiger partial charge < -0.3 is 15.6 Å². The molecule has 18 heavy (non-hydrogen) atoms. The summed E-state index contributed by atoms with van der Waals surface area (Å²) in [6.45, 7) is 4.76. The second-order valence-corrected chi connectivity index (χ2v) is 5.99. The minimum absolute atomic E-state index is 0.156. The van der Waals surface area contributed by atoms with Crippen molar-refractivity contribution < 1.29 is 9.84 Å². The molecule has 0 amide bonds. The van der Waals surface area contributed by atoms with Crippen molar-refractivity contribution >= 4 is 0 Å². The molecule has 0 aromatic rings. The summed E-state index contributed by atoms with van der Waals surface area (Å²) in [4.78, 5) is 2.56. The molecular weight excluding hydrogens is 228 g/mol. The lowest BCUT2D eigenvalue weighted by molar-refractivity contribution is -0.0364. The van der Waals surface area contributed by atoms with Gasteiger partial charge in [0.2, 0.25) is 0 Å². The smallest absolute Gasteiger partial charge is 0.0546 e. The first-order valence-electron chi connectivity index (χ1n) is 7.42. The lowest BCUT2D eigenvalue weighted by Gasteiger charge is -2.45. The zero-order valence-corrected chi connectivity index (χ0v) is 11.4. The average molecular weight is 256 g/mol. The van der Waals surface area contributed by atoms with Crippen LogP contribution in [0.2, 0.25) is 0 Å². The molecule has 2 rings (SSSR count). The quantitative estimate of drug-likeness (QED) is 0.713. The van der Waals surface area contributed by atoms with Crippen molar-refractivity contribution in [2.24, 2.45) is 11.1 Å². The molecular formula is C14H28N2O2. The van der Waals surface area contributed by atoms with Crippen LogP contribution in [0.15, 0.2) is 0 Å². The van der Waals surface area contributed by atoms with Crippen molar-refractivity contribution in [3.8, 4) is 0 Å². The van der Waals surface area contributed by atoms with Gasteiger partial charge in [-0.05, 0) is 32.1 Å². The summed E-state index contributed by atoms with van der Waals surface area (Å²) in [5, 5.41) is 9.04. The largest absolute Gasteiger partial charge is 0.396 e. The maximum atomic E-state index is 9.04. The fourth-order valence-electron chi connectivity index (χ4n) is 3.11. The summed E-state index contributed by atoms with van der Waals surface area (Å²) in [6, 6.07) is 0.724. The van der Waals surface area contributed by atoms with Gasteiger partial charge in [-0.25, -0.2) is 0 Å². The van der Waals surface area contributed by atoms with E-state index in [0.717, 1.165) is 51.7 Å². The molecule has 0 aromatic heterocycles. The van der Waals surface area contributed by atoms with E-state index in [1.165, 1.54) is 25.7 Å². The van der Waals surface area contributed by atoms with Crippen LogP contribution in [0.3, 0.4) is 0 Å². The number of ether oxygens (including phenoxy) is 1. The van der Waals surface area contributed by atoms with Gasteiger partial charge in [0.15, 0.2) is 0 Å². The van der Waals surface area contributed by atoms with Crippen molar-refractivity contribution in [2.45, 2.75) is 44.6 Å². The van der Waals surface area contributed by atoms with Crippen LogP contribution < -0.4 is 5.73 Å². The predicted molar refractivity (Wildman–Crippen MR) is 72.5 cm³/mol. The normalized spacial score (nSPS) is 29.5. The Morgan fingerprint density at radius 2 is 2.17 bits per heavy atom. The molecule has 1 saturated heterocycles.